The van der Waals surface area contributed by atoms with Gasteiger partial charge >= 0.3 is 5.69 Å². The molecular weight excluding hydrogens is 466 g/mol. The Kier molecular flexibility index (Phi) is 6.21. The largest absolute Gasteiger partial charge is 0.457 e. The van der Waals surface area contributed by atoms with Gasteiger partial charge in [-0.1, -0.05) is 13.0 Å². The lowest BCUT2D eigenvalue weighted by Gasteiger charge is -2.17. The second-order valence-corrected chi connectivity index (χ2v) is 8.72. The summed E-state index contributed by atoms with van der Waals surface area (Å²) in [5.74, 6) is 0.681. The molecule has 0 amide bonds. The van der Waals surface area contributed by atoms with Crippen molar-refractivity contribution in [2.24, 2.45) is 11.8 Å². The maximum atomic E-state index is 14.0. The molecule has 2 aromatic heterocycles. The predicted molar refractivity (Wildman–Crippen MR) is 128 cm³/mol. The van der Waals surface area contributed by atoms with E-state index in [2.05, 4.69) is 28.0 Å². The molecule has 0 spiro atoms. The van der Waals surface area contributed by atoms with Gasteiger partial charge in [-0.15, -0.1) is 0 Å². The first-order valence-electron chi connectivity index (χ1n) is 11.4. The number of nitrogens with zero attached hydrogens (tertiary/aromatic N) is 6. The average molecular weight is 488 g/mol. The van der Waals surface area contributed by atoms with E-state index in [0.29, 0.717) is 23.7 Å². The van der Waals surface area contributed by atoms with E-state index in [-0.39, 0.29) is 23.9 Å². The molecule has 36 heavy (non-hydrogen) atoms. The topological polar surface area (TPSA) is 89.0 Å². The lowest BCUT2D eigenvalue weighted by molar-refractivity contribution is 0.481. The van der Waals surface area contributed by atoms with Crippen LogP contribution in [0, 0.1) is 34.8 Å². The van der Waals surface area contributed by atoms with Crippen LogP contribution in [0.5, 0.6) is 11.5 Å². The van der Waals surface area contributed by atoms with E-state index in [1.165, 1.54) is 12.4 Å². The summed E-state index contributed by atoms with van der Waals surface area (Å²) in [4.78, 5) is 19.2. The molecule has 182 valence electrons. The Morgan fingerprint density at radius 3 is 2.53 bits per heavy atom. The molecule has 0 bridgehead atoms. The van der Waals surface area contributed by atoms with Crippen LogP contribution in [0.15, 0.2) is 71.9 Å². The summed E-state index contributed by atoms with van der Waals surface area (Å²) in [6, 6.07) is 16.2. The van der Waals surface area contributed by atoms with Crippen molar-refractivity contribution < 1.29 is 13.5 Å². The van der Waals surface area contributed by atoms with Crippen LogP contribution in [0.25, 0.3) is 5.69 Å². The molecule has 5 rings (SSSR count). The van der Waals surface area contributed by atoms with E-state index >= 15 is 0 Å². The summed E-state index contributed by atoms with van der Waals surface area (Å²) in [5, 5.41) is 13.4. The van der Waals surface area contributed by atoms with Crippen LogP contribution < -0.4 is 15.3 Å². The number of hydrogen-bond donors (Lipinski definition) is 0. The summed E-state index contributed by atoms with van der Waals surface area (Å²) in [6.07, 6.45) is 2.90. The zero-order valence-electron chi connectivity index (χ0n) is 19.4. The highest BCUT2D eigenvalue weighted by molar-refractivity contribution is 5.47. The average Bonchev–Trinajstić information content (AvgIpc) is 3.44. The third kappa shape index (κ3) is 4.55. The lowest BCUT2D eigenvalue weighted by atomic mass is 10.0. The minimum absolute atomic E-state index is 0.0264. The molecule has 3 heterocycles. The molecule has 2 atom stereocenters. The summed E-state index contributed by atoms with van der Waals surface area (Å²) in [5.41, 5.74) is -0.254. The fourth-order valence-corrected chi connectivity index (χ4v) is 4.22. The summed E-state index contributed by atoms with van der Waals surface area (Å²) < 4.78 is 36.2. The van der Waals surface area contributed by atoms with Gasteiger partial charge in [0, 0.05) is 30.9 Å². The van der Waals surface area contributed by atoms with Crippen molar-refractivity contribution in [1.29, 1.82) is 5.26 Å². The Morgan fingerprint density at radius 1 is 1.08 bits per heavy atom. The number of benzene rings is 2. The smallest absolute Gasteiger partial charge is 0.350 e. The predicted octanol–water partition coefficient (Wildman–Crippen LogP) is 4.14. The molecule has 2 aromatic carbocycles. The molecule has 1 saturated heterocycles. The molecule has 1 aliphatic heterocycles. The van der Waals surface area contributed by atoms with E-state index in [0.717, 1.165) is 33.7 Å². The van der Waals surface area contributed by atoms with Crippen molar-refractivity contribution >= 4 is 5.82 Å². The normalized spacial score (nSPS) is 17.2. The van der Waals surface area contributed by atoms with Gasteiger partial charge < -0.3 is 9.64 Å². The summed E-state index contributed by atoms with van der Waals surface area (Å²) in [7, 11) is 0. The van der Waals surface area contributed by atoms with E-state index in [1.807, 2.05) is 6.07 Å². The Bertz CT molecular complexity index is 1470. The maximum absolute atomic E-state index is 14.0. The highest BCUT2D eigenvalue weighted by Gasteiger charge is 2.30. The third-order valence-corrected chi connectivity index (χ3v) is 6.26. The number of aromatic nitrogens is 4. The number of pyridine rings is 1. The van der Waals surface area contributed by atoms with Crippen molar-refractivity contribution in [3.63, 3.8) is 0 Å². The molecule has 4 aromatic rings. The first-order chi connectivity index (χ1) is 17.4. The van der Waals surface area contributed by atoms with E-state index in [4.69, 9.17) is 4.74 Å². The Hall–Kier alpha value is -4.52. The fourth-order valence-electron chi connectivity index (χ4n) is 4.22. The molecule has 1 aliphatic rings. The summed E-state index contributed by atoms with van der Waals surface area (Å²) in [6.45, 7) is 3.18. The lowest BCUT2D eigenvalue weighted by Crippen LogP contribution is -2.24. The quantitative estimate of drug-likeness (QED) is 0.405. The monoisotopic (exact) mass is 488 g/mol. The zero-order valence-corrected chi connectivity index (χ0v) is 19.4. The molecule has 0 aliphatic carbocycles. The van der Waals surface area contributed by atoms with Crippen LogP contribution in [-0.2, 0) is 6.54 Å². The number of anilines is 1. The van der Waals surface area contributed by atoms with Crippen LogP contribution in [0.1, 0.15) is 12.5 Å². The number of rotatable bonds is 6. The van der Waals surface area contributed by atoms with Gasteiger partial charge in [0.05, 0.1) is 24.2 Å². The van der Waals surface area contributed by atoms with Crippen molar-refractivity contribution in [2.75, 3.05) is 18.0 Å². The molecule has 0 saturated carbocycles. The zero-order chi connectivity index (χ0) is 25.2. The Balaban J connectivity index is 1.30. The van der Waals surface area contributed by atoms with Crippen molar-refractivity contribution in [1.82, 2.24) is 19.3 Å². The second-order valence-electron chi connectivity index (χ2n) is 8.72. The van der Waals surface area contributed by atoms with Crippen molar-refractivity contribution in [2.45, 2.75) is 13.5 Å². The first-order valence-corrected chi connectivity index (χ1v) is 11.4. The van der Waals surface area contributed by atoms with Crippen LogP contribution in [0.2, 0.25) is 0 Å². The molecule has 2 unspecified atom stereocenters. The molecule has 0 N–H and O–H groups in total. The minimum Gasteiger partial charge on any atom is -0.457 e. The highest BCUT2D eigenvalue weighted by atomic mass is 19.1. The van der Waals surface area contributed by atoms with Gasteiger partial charge in [-0.05, 0) is 48.4 Å². The molecule has 8 nitrogen and oxygen atoms in total. The van der Waals surface area contributed by atoms with Gasteiger partial charge in [0.15, 0.2) is 0 Å². The van der Waals surface area contributed by atoms with Crippen LogP contribution in [-0.4, -0.2) is 32.4 Å². The number of nitriles is 1. The molecular formula is C26H22F2N6O2. The SMILES string of the molecule is CC1CN(c2cc(Oc3ccc(-n4ncn(Cc5c(F)cccc5F)c4=O)cc3)ccn2)CC1C#N. The molecule has 1 fully saturated rings. The highest BCUT2D eigenvalue weighted by Crippen LogP contribution is 2.30. The fraction of sp³-hybridized carbons (Fsp3) is 0.231. The Morgan fingerprint density at radius 2 is 1.83 bits per heavy atom. The first kappa shape index (κ1) is 23.2. The van der Waals surface area contributed by atoms with E-state index < -0.39 is 17.3 Å². The van der Waals surface area contributed by atoms with E-state index in [9.17, 15) is 18.8 Å². The number of hydrogen-bond acceptors (Lipinski definition) is 6. The summed E-state index contributed by atoms with van der Waals surface area (Å²) >= 11 is 0. The van der Waals surface area contributed by atoms with Gasteiger partial charge in [-0.3, -0.25) is 4.57 Å². The van der Waals surface area contributed by atoms with Gasteiger partial charge in [0.1, 0.15) is 35.3 Å². The van der Waals surface area contributed by atoms with Crippen molar-refractivity contribution in [3.8, 4) is 23.3 Å². The third-order valence-electron chi connectivity index (χ3n) is 6.26. The second kappa shape index (κ2) is 9.62. The van der Waals surface area contributed by atoms with Gasteiger partial charge in [0.25, 0.3) is 0 Å². The molecule has 0 radical (unpaired) electrons. The maximum Gasteiger partial charge on any atom is 0.350 e. The van der Waals surface area contributed by atoms with Crippen LogP contribution in [0.4, 0.5) is 14.6 Å². The van der Waals surface area contributed by atoms with Gasteiger partial charge in [-0.2, -0.15) is 15.0 Å². The van der Waals surface area contributed by atoms with Crippen LogP contribution >= 0.6 is 0 Å². The standard InChI is InChI=1S/C26H22F2N6O2/c1-17-13-32(14-18(17)12-29)25-11-21(9-10-30-25)36-20-7-5-19(6-8-20)34-26(35)33(16-31-34)15-22-23(27)3-2-4-24(22)28/h2-11,16-18H,13-15H2,1H3. The number of halogens is 2. The molecule has 10 heteroatoms. The Labute approximate surface area is 205 Å². The van der Waals surface area contributed by atoms with Crippen LogP contribution in [0.3, 0.4) is 0 Å². The van der Waals surface area contributed by atoms with Gasteiger partial charge in [0.2, 0.25) is 0 Å². The minimum atomic E-state index is -0.723. The van der Waals surface area contributed by atoms with Crippen molar-refractivity contribution in [3.05, 3.63) is 94.8 Å². The number of ether oxygens (including phenoxy) is 1. The van der Waals surface area contributed by atoms with E-state index in [1.54, 1.807) is 36.5 Å². The van der Waals surface area contributed by atoms with Gasteiger partial charge in [-0.25, -0.2) is 18.6 Å².